The van der Waals surface area contributed by atoms with Gasteiger partial charge in [0.2, 0.25) is 10.0 Å². The van der Waals surface area contributed by atoms with E-state index < -0.39 is 10.0 Å². The monoisotopic (exact) mass is 392 g/mol. The van der Waals surface area contributed by atoms with Gasteiger partial charge in [-0.1, -0.05) is 11.3 Å². The summed E-state index contributed by atoms with van der Waals surface area (Å²) in [6.45, 7) is 4.18. The van der Waals surface area contributed by atoms with Crippen molar-refractivity contribution in [1.29, 1.82) is 0 Å². The molecule has 0 unspecified atom stereocenters. The third-order valence-electron chi connectivity index (χ3n) is 4.93. The quantitative estimate of drug-likeness (QED) is 0.722. The molecule has 0 bridgehead atoms. The highest BCUT2D eigenvalue weighted by Gasteiger charge is 2.39. The summed E-state index contributed by atoms with van der Waals surface area (Å²) in [4.78, 5) is 14.3. The molecule has 0 radical (unpaired) electrons. The second-order valence-electron chi connectivity index (χ2n) is 6.73. The van der Waals surface area contributed by atoms with Gasteiger partial charge in [-0.05, 0) is 44.9 Å². The van der Waals surface area contributed by atoms with Gasteiger partial charge < -0.3 is 4.98 Å². The zero-order valence-electron chi connectivity index (χ0n) is 14.8. The van der Waals surface area contributed by atoms with Crippen molar-refractivity contribution in [3.63, 3.8) is 0 Å². The van der Waals surface area contributed by atoms with Gasteiger partial charge in [-0.15, -0.1) is 0 Å². The molecule has 1 aromatic carbocycles. The number of aryl methyl sites for hydroxylation is 2. The molecule has 138 valence electrons. The number of aromatic amines is 1. The lowest BCUT2D eigenvalue weighted by atomic mass is 10.2. The SMILES string of the molecule is Cc1nn(C)c(C)c1CN(C1CC1)S(=O)(=O)c1ccc2[nH]c(=O)sc2c1. The molecule has 1 aliphatic carbocycles. The Morgan fingerprint density at radius 1 is 1.35 bits per heavy atom. The topological polar surface area (TPSA) is 88.1 Å². The minimum Gasteiger partial charge on any atom is -0.312 e. The second-order valence-corrected chi connectivity index (χ2v) is 9.63. The van der Waals surface area contributed by atoms with Crippen LogP contribution in [0.4, 0.5) is 0 Å². The predicted octanol–water partition coefficient (Wildman–Crippen LogP) is 2.29. The first kappa shape index (κ1) is 17.4. The molecule has 3 aromatic rings. The van der Waals surface area contributed by atoms with Gasteiger partial charge in [-0.25, -0.2) is 8.42 Å². The summed E-state index contributed by atoms with van der Waals surface area (Å²) in [7, 11) is -1.79. The first-order valence-corrected chi connectivity index (χ1v) is 10.7. The lowest BCUT2D eigenvalue weighted by molar-refractivity contribution is 0.397. The molecular formula is C17H20N4O3S2. The lowest BCUT2D eigenvalue weighted by Crippen LogP contribution is -2.33. The van der Waals surface area contributed by atoms with Gasteiger partial charge in [-0.3, -0.25) is 9.48 Å². The van der Waals surface area contributed by atoms with Crippen molar-refractivity contribution in [1.82, 2.24) is 19.1 Å². The molecule has 1 saturated carbocycles. The fourth-order valence-corrected chi connectivity index (χ4v) is 5.73. The second kappa shape index (κ2) is 6.04. The summed E-state index contributed by atoms with van der Waals surface area (Å²) in [6, 6.07) is 4.84. The third kappa shape index (κ3) is 2.89. The molecule has 4 rings (SSSR count). The van der Waals surface area contributed by atoms with Crippen LogP contribution in [0.2, 0.25) is 0 Å². The third-order valence-corrected chi connectivity index (χ3v) is 7.67. The number of H-pyrrole nitrogens is 1. The molecule has 9 heteroatoms. The number of hydrogen-bond acceptors (Lipinski definition) is 5. The van der Waals surface area contributed by atoms with E-state index in [0.717, 1.165) is 41.1 Å². The van der Waals surface area contributed by atoms with Gasteiger partial charge in [0.05, 0.1) is 20.8 Å². The van der Waals surface area contributed by atoms with E-state index in [2.05, 4.69) is 10.1 Å². The molecular weight excluding hydrogens is 372 g/mol. The molecule has 2 aromatic heterocycles. The van der Waals surface area contributed by atoms with Gasteiger partial charge >= 0.3 is 4.87 Å². The maximum atomic E-state index is 13.3. The van der Waals surface area contributed by atoms with E-state index in [1.807, 2.05) is 20.9 Å². The maximum Gasteiger partial charge on any atom is 0.305 e. The number of fused-ring (bicyclic) bond motifs is 1. The van der Waals surface area contributed by atoms with Gasteiger partial charge in [0.1, 0.15) is 0 Å². The van der Waals surface area contributed by atoms with E-state index in [-0.39, 0.29) is 15.8 Å². The van der Waals surface area contributed by atoms with Gasteiger partial charge in [-0.2, -0.15) is 9.40 Å². The highest BCUT2D eigenvalue weighted by molar-refractivity contribution is 7.89. The molecule has 1 N–H and O–H groups in total. The Labute approximate surface area is 155 Å². The van der Waals surface area contributed by atoms with Crippen molar-refractivity contribution >= 4 is 31.6 Å². The van der Waals surface area contributed by atoms with Crippen LogP contribution in [-0.4, -0.2) is 33.5 Å². The number of thiazole rings is 1. The number of nitrogens with one attached hydrogen (secondary N) is 1. The lowest BCUT2D eigenvalue weighted by Gasteiger charge is -2.22. The minimum absolute atomic E-state index is 0.0275. The van der Waals surface area contributed by atoms with Crippen LogP contribution in [0.1, 0.15) is 29.8 Å². The largest absolute Gasteiger partial charge is 0.312 e. The summed E-state index contributed by atoms with van der Waals surface area (Å²) in [6.07, 6.45) is 1.74. The smallest absolute Gasteiger partial charge is 0.305 e. The molecule has 1 aliphatic rings. The Hall–Kier alpha value is -1.97. The first-order chi connectivity index (χ1) is 12.3. The number of hydrogen-bond donors (Lipinski definition) is 1. The Morgan fingerprint density at radius 3 is 2.69 bits per heavy atom. The summed E-state index contributed by atoms with van der Waals surface area (Å²) in [5, 5.41) is 4.40. The van der Waals surface area contributed by atoms with Crippen molar-refractivity contribution in [2.24, 2.45) is 7.05 Å². The number of aromatic nitrogens is 3. The van der Waals surface area contributed by atoms with Gasteiger partial charge in [0, 0.05) is 30.9 Å². The molecule has 0 saturated heterocycles. The van der Waals surface area contributed by atoms with E-state index in [1.54, 1.807) is 27.2 Å². The summed E-state index contributed by atoms with van der Waals surface area (Å²) < 4.78 is 30.6. The fourth-order valence-electron chi connectivity index (χ4n) is 3.20. The van der Waals surface area contributed by atoms with Crippen molar-refractivity contribution in [2.75, 3.05) is 0 Å². The van der Waals surface area contributed by atoms with Crippen LogP contribution >= 0.6 is 11.3 Å². The molecule has 26 heavy (non-hydrogen) atoms. The predicted molar refractivity (Wildman–Crippen MR) is 101 cm³/mol. The molecule has 0 atom stereocenters. The van der Waals surface area contributed by atoms with Crippen LogP contribution in [0, 0.1) is 13.8 Å². The van der Waals surface area contributed by atoms with Crippen LogP contribution in [0.15, 0.2) is 27.9 Å². The van der Waals surface area contributed by atoms with E-state index in [4.69, 9.17) is 0 Å². The standard InChI is InChI=1S/C17H20N4O3S2/c1-10-14(11(2)20(3)19-10)9-21(12-4-5-12)26(23,24)13-6-7-15-16(8-13)25-17(22)18-15/h6-8,12H,4-5,9H2,1-3H3,(H,18,22). The number of rotatable bonds is 5. The van der Waals surface area contributed by atoms with Crippen LogP contribution < -0.4 is 4.87 Å². The fraction of sp³-hybridized carbons (Fsp3) is 0.412. The highest BCUT2D eigenvalue weighted by Crippen LogP contribution is 2.35. The van der Waals surface area contributed by atoms with E-state index >= 15 is 0 Å². The Kier molecular flexibility index (Phi) is 4.05. The van der Waals surface area contributed by atoms with Crippen LogP contribution in [0.3, 0.4) is 0 Å². The first-order valence-electron chi connectivity index (χ1n) is 8.41. The van der Waals surface area contributed by atoms with Crippen molar-refractivity contribution in [2.45, 2.75) is 44.2 Å². The van der Waals surface area contributed by atoms with Crippen molar-refractivity contribution in [3.8, 4) is 0 Å². The Bertz CT molecular complexity index is 1150. The van der Waals surface area contributed by atoms with Crippen LogP contribution in [-0.2, 0) is 23.6 Å². The molecule has 7 nitrogen and oxygen atoms in total. The average molecular weight is 393 g/mol. The molecule has 0 aliphatic heterocycles. The van der Waals surface area contributed by atoms with Gasteiger partial charge in [0.15, 0.2) is 0 Å². The minimum atomic E-state index is -3.66. The Balaban J connectivity index is 1.75. The summed E-state index contributed by atoms with van der Waals surface area (Å²) >= 11 is 1.02. The highest BCUT2D eigenvalue weighted by atomic mass is 32.2. The number of benzene rings is 1. The molecule has 2 heterocycles. The van der Waals surface area contributed by atoms with Crippen molar-refractivity contribution < 1.29 is 8.42 Å². The molecule has 0 amide bonds. The van der Waals surface area contributed by atoms with E-state index in [9.17, 15) is 13.2 Å². The van der Waals surface area contributed by atoms with Crippen molar-refractivity contribution in [3.05, 3.63) is 44.8 Å². The van der Waals surface area contributed by atoms with E-state index in [1.165, 1.54) is 0 Å². The Morgan fingerprint density at radius 2 is 2.08 bits per heavy atom. The van der Waals surface area contributed by atoms with Gasteiger partial charge in [0.25, 0.3) is 0 Å². The molecule has 1 fully saturated rings. The maximum absolute atomic E-state index is 13.3. The average Bonchev–Trinajstić information content (AvgIpc) is 3.28. The normalized spacial score (nSPS) is 15.2. The zero-order chi connectivity index (χ0) is 18.6. The number of nitrogens with zero attached hydrogens (tertiary/aromatic N) is 3. The number of sulfonamides is 1. The zero-order valence-corrected chi connectivity index (χ0v) is 16.4. The van der Waals surface area contributed by atoms with Crippen LogP contribution in [0.25, 0.3) is 10.2 Å². The molecule has 0 spiro atoms. The van der Waals surface area contributed by atoms with E-state index in [0.29, 0.717) is 16.8 Å². The summed E-state index contributed by atoms with van der Waals surface area (Å²) in [5.74, 6) is 0. The summed E-state index contributed by atoms with van der Waals surface area (Å²) in [5.41, 5.74) is 3.44. The van der Waals surface area contributed by atoms with Crippen LogP contribution in [0.5, 0.6) is 0 Å².